The molecule has 1 N–H and O–H groups in total. The molecule has 1 atom stereocenters. The molecule has 1 fully saturated rings. The lowest BCUT2D eigenvalue weighted by molar-refractivity contribution is -0.137. The van der Waals surface area contributed by atoms with E-state index in [9.17, 15) is 9.59 Å². The highest BCUT2D eigenvalue weighted by Gasteiger charge is 2.35. The Morgan fingerprint density at radius 1 is 1.27 bits per heavy atom. The Bertz CT molecular complexity index is 694. The standard InChI is InChI=1S/C20H27N3O3/c1-20(2,3)26-19(25)23-11-7-8-15(18(23)24)12-16-13-22(14-21-16)17-9-5-4-6-10-17/h4-6,9-10,13,15,21H,7-8,11-12,14H2,1-3H3. The van der Waals surface area contributed by atoms with Gasteiger partial charge in [-0.15, -0.1) is 0 Å². The number of piperidine rings is 1. The van der Waals surface area contributed by atoms with Gasteiger partial charge in [0.2, 0.25) is 5.91 Å². The van der Waals surface area contributed by atoms with Crippen LogP contribution in [-0.2, 0) is 9.53 Å². The summed E-state index contributed by atoms with van der Waals surface area (Å²) >= 11 is 0. The number of rotatable bonds is 3. The van der Waals surface area contributed by atoms with Gasteiger partial charge in [-0.25, -0.2) is 9.69 Å². The molecule has 0 spiro atoms. The van der Waals surface area contributed by atoms with Gasteiger partial charge in [0.25, 0.3) is 0 Å². The van der Waals surface area contributed by atoms with Crippen molar-refractivity contribution in [2.75, 3.05) is 18.1 Å². The Balaban J connectivity index is 1.63. The summed E-state index contributed by atoms with van der Waals surface area (Å²) in [5.41, 5.74) is 1.54. The number of likely N-dealkylation sites (tertiary alicyclic amines) is 1. The summed E-state index contributed by atoms with van der Waals surface area (Å²) in [5, 5.41) is 3.36. The second-order valence-electron chi connectivity index (χ2n) is 7.81. The lowest BCUT2D eigenvalue weighted by atomic mass is 9.93. The average molecular weight is 357 g/mol. The number of benzene rings is 1. The molecular weight excluding hydrogens is 330 g/mol. The number of carbonyl (C=O) groups is 2. The Hall–Kier alpha value is -2.50. The van der Waals surface area contributed by atoms with E-state index in [-0.39, 0.29) is 11.8 Å². The Kier molecular flexibility index (Phi) is 5.20. The van der Waals surface area contributed by atoms with E-state index in [0.29, 0.717) is 19.6 Å². The van der Waals surface area contributed by atoms with Crippen molar-refractivity contribution in [3.63, 3.8) is 0 Å². The molecule has 2 aliphatic rings. The highest BCUT2D eigenvalue weighted by atomic mass is 16.6. The highest BCUT2D eigenvalue weighted by molar-refractivity contribution is 5.94. The fraction of sp³-hybridized carbons (Fsp3) is 0.500. The summed E-state index contributed by atoms with van der Waals surface area (Å²) in [6, 6.07) is 10.1. The van der Waals surface area contributed by atoms with Crippen LogP contribution in [0.4, 0.5) is 10.5 Å². The highest BCUT2D eigenvalue weighted by Crippen LogP contribution is 2.27. The van der Waals surface area contributed by atoms with Gasteiger partial charge in [0.15, 0.2) is 0 Å². The van der Waals surface area contributed by atoms with Crippen LogP contribution in [0.15, 0.2) is 42.2 Å². The number of anilines is 1. The van der Waals surface area contributed by atoms with Gasteiger partial charge in [-0.2, -0.15) is 0 Å². The molecule has 0 radical (unpaired) electrons. The van der Waals surface area contributed by atoms with E-state index in [0.717, 1.165) is 24.2 Å². The van der Waals surface area contributed by atoms with E-state index < -0.39 is 11.7 Å². The number of para-hydroxylation sites is 1. The molecule has 0 bridgehead atoms. The molecule has 6 nitrogen and oxygen atoms in total. The summed E-state index contributed by atoms with van der Waals surface area (Å²) in [6.07, 6.45) is 3.73. The van der Waals surface area contributed by atoms with Gasteiger partial charge in [0.1, 0.15) is 5.60 Å². The lowest BCUT2D eigenvalue weighted by Crippen LogP contribution is -2.47. The Morgan fingerprint density at radius 3 is 2.69 bits per heavy atom. The molecule has 1 aromatic rings. The third kappa shape index (κ3) is 4.36. The zero-order valence-corrected chi connectivity index (χ0v) is 15.7. The molecular formula is C20H27N3O3. The summed E-state index contributed by atoms with van der Waals surface area (Å²) in [5.74, 6) is -0.322. The average Bonchev–Trinajstić information content (AvgIpc) is 3.04. The minimum atomic E-state index is -0.601. The minimum Gasteiger partial charge on any atom is -0.443 e. The first-order valence-corrected chi connectivity index (χ1v) is 9.14. The van der Waals surface area contributed by atoms with Crippen LogP contribution in [-0.4, -0.2) is 35.7 Å². The molecule has 140 valence electrons. The predicted molar refractivity (Wildman–Crippen MR) is 100 cm³/mol. The molecule has 0 saturated carbocycles. The maximum absolute atomic E-state index is 12.7. The molecule has 2 aliphatic heterocycles. The molecule has 0 aliphatic carbocycles. The topological polar surface area (TPSA) is 61.9 Å². The van der Waals surface area contributed by atoms with Crippen molar-refractivity contribution in [1.82, 2.24) is 10.2 Å². The molecule has 2 heterocycles. The second kappa shape index (κ2) is 7.40. The predicted octanol–water partition coefficient (Wildman–Crippen LogP) is 3.46. The fourth-order valence-corrected chi connectivity index (χ4v) is 3.28. The number of allylic oxidation sites excluding steroid dienone is 1. The molecule has 0 aromatic heterocycles. The van der Waals surface area contributed by atoms with Crippen LogP contribution in [0.25, 0.3) is 0 Å². The molecule has 1 unspecified atom stereocenters. The zero-order chi connectivity index (χ0) is 18.7. The fourth-order valence-electron chi connectivity index (χ4n) is 3.28. The first-order valence-electron chi connectivity index (χ1n) is 9.14. The molecule has 1 aromatic carbocycles. The number of carbonyl (C=O) groups excluding carboxylic acids is 2. The number of imide groups is 1. The van der Waals surface area contributed by atoms with Crippen molar-refractivity contribution in [3.05, 3.63) is 42.2 Å². The van der Waals surface area contributed by atoms with Crippen LogP contribution >= 0.6 is 0 Å². The minimum absolute atomic E-state index is 0.133. The summed E-state index contributed by atoms with van der Waals surface area (Å²) < 4.78 is 5.37. The van der Waals surface area contributed by atoms with Crippen molar-refractivity contribution in [2.24, 2.45) is 5.92 Å². The van der Waals surface area contributed by atoms with E-state index in [1.807, 2.05) is 39.0 Å². The SMILES string of the molecule is CC(C)(C)OC(=O)N1CCCC(CC2=CN(c3ccccc3)CN2)C1=O. The summed E-state index contributed by atoms with van der Waals surface area (Å²) in [7, 11) is 0. The summed E-state index contributed by atoms with van der Waals surface area (Å²) in [4.78, 5) is 28.4. The van der Waals surface area contributed by atoms with Gasteiger partial charge >= 0.3 is 6.09 Å². The van der Waals surface area contributed by atoms with E-state index in [4.69, 9.17) is 4.74 Å². The molecule has 6 heteroatoms. The molecule has 2 amide bonds. The van der Waals surface area contributed by atoms with Crippen LogP contribution in [0, 0.1) is 5.92 Å². The van der Waals surface area contributed by atoms with Crippen LogP contribution in [0.3, 0.4) is 0 Å². The van der Waals surface area contributed by atoms with Crippen LogP contribution < -0.4 is 10.2 Å². The lowest BCUT2D eigenvalue weighted by Gasteiger charge is -2.32. The van der Waals surface area contributed by atoms with Gasteiger partial charge in [-0.3, -0.25) is 4.79 Å². The third-order valence-corrected chi connectivity index (χ3v) is 4.51. The van der Waals surface area contributed by atoms with E-state index in [1.54, 1.807) is 0 Å². The third-order valence-electron chi connectivity index (χ3n) is 4.51. The quantitative estimate of drug-likeness (QED) is 0.898. The molecule has 26 heavy (non-hydrogen) atoms. The number of hydrogen-bond donors (Lipinski definition) is 1. The van der Waals surface area contributed by atoms with Gasteiger partial charge in [-0.1, -0.05) is 18.2 Å². The normalized spacial score (nSPS) is 20.7. The largest absolute Gasteiger partial charge is 0.443 e. The number of hydrogen-bond acceptors (Lipinski definition) is 5. The van der Waals surface area contributed by atoms with Crippen molar-refractivity contribution in [2.45, 2.75) is 45.6 Å². The van der Waals surface area contributed by atoms with Crippen molar-refractivity contribution in [1.29, 1.82) is 0 Å². The Morgan fingerprint density at radius 2 is 2.00 bits per heavy atom. The van der Waals surface area contributed by atoms with Gasteiger partial charge in [0.05, 0.1) is 6.67 Å². The zero-order valence-electron chi connectivity index (χ0n) is 15.7. The van der Waals surface area contributed by atoms with Crippen molar-refractivity contribution >= 4 is 17.7 Å². The maximum Gasteiger partial charge on any atom is 0.417 e. The smallest absolute Gasteiger partial charge is 0.417 e. The van der Waals surface area contributed by atoms with Crippen LogP contribution in [0.2, 0.25) is 0 Å². The van der Waals surface area contributed by atoms with Gasteiger partial charge in [0, 0.05) is 36.5 Å². The van der Waals surface area contributed by atoms with Crippen molar-refractivity contribution < 1.29 is 14.3 Å². The van der Waals surface area contributed by atoms with E-state index in [2.05, 4.69) is 28.5 Å². The monoisotopic (exact) mass is 357 g/mol. The first kappa shape index (κ1) is 18.3. The number of ether oxygens (including phenoxy) is 1. The summed E-state index contributed by atoms with van der Waals surface area (Å²) in [6.45, 7) is 6.55. The van der Waals surface area contributed by atoms with Gasteiger partial charge < -0.3 is 15.0 Å². The maximum atomic E-state index is 12.7. The van der Waals surface area contributed by atoms with Crippen LogP contribution in [0.5, 0.6) is 0 Å². The molecule has 3 rings (SSSR count). The van der Waals surface area contributed by atoms with E-state index in [1.165, 1.54) is 4.90 Å². The first-order chi connectivity index (χ1) is 12.3. The Labute approximate surface area is 154 Å². The van der Waals surface area contributed by atoms with Crippen molar-refractivity contribution in [3.8, 4) is 0 Å². The molecule has 1 saturated heterocycles. The number of amides is 2. The second-order valence-corrected chi connectivity index (χ2v) is 7.81. The van der Waals surface area contributed by atoms with Crippen LogP contribution in [0.1, 0.15) is 40.0 Å². The number of nitrogens with zero attached hydrogens (tertiary/aromatic N) is 2. The van der Waals surface area contributed by atoms with Gasteiger partial charge in [-0.05, 0) is 45.7 Å². The number of nitrogens with one attached hydrogen (secondary N) is 1. The van der Waals surface area contributed by atoms with E-state index >= 15 is 0 Å².